The molecule has 0 aliphatic carbocycles. The molecule has 1 saturated heterocycles. The van der Waals surface area contributed by atoms with E-state index in [1.807, 2.05) is 18.2 Å². The highest BCUT2D eigenvalue weighted by atomic mass is 32.2. The summed E-state index contributed by atoms with van der Waals surface area (Å²) in [7, 11) is -4.97. The fourth-order valence-corrected chi connectivity index (χ4v) is 4.05. The summed E-state index contributed by atoms with van der Waals surface area (Å²) in [6, 6.07) is 18.6. The van der Waals surface area contributed by atoms with E-state index in [1.54, 1.807) is 36.4 Å². The molecular weight excluding hydrogens is 480 g/mol. The zero-order valence-electron chi connectivity index (χ0n) is 17.2. The Morgan fingerprint density at radius 2 is 1.62 bits per heavy atom. The highest BCUT2D eigenvalue weighted by Gasteiger charge is 2.34. The molecule has 11 heteroatoms. The molecule has 0 atom stereocenters. The first-order chi connectivity index (χ1) is 16.1. The summed E-state index contributed by atoms with van der Waals surface area (Å²) in [5.41, 5.74) is 0.0538. The number of para-hydroxylation sites is 1. The van der Waals surface area contributed by atoms with Gasteiger partial charge in [0.05, 0.1) is 10.6 Å². The molecule has 1 aliphatic heterocycles. The number of nitrogens with zero attached hydrogens (tertiary/aromatic N) is 1. The number of anilines is 1. The number of thiocarbonyl (C=S) groups is 1. The van der Waals surface area contributed by atoms with Gasteiger partial charge in [0.1, 0.15) is 32.9 Å². The van der Waals surface area contributed by atoms with Crippen LogP contribution in [0.4, 0.5) is 5.69 Å². The van der Waals surface area contributed by atoms with Crippen LogP contribution in [0, 0.1) is 0 Å². The second-order valence-corrected chi connectivity index (χ2v) is 8.78. The predicted molar refractivity (Wildman–Crippen MR) is 125 cm³/mol. The van der Waals surface area contributed by atoms with Crippen molar-refractivity contribution in [1.29, 1.82) is 0 Å². The van der Waals surface area contributed by atoms with E-state index < -0.39 is 32.6 Å². The van der Waals surface area contributed by atoms with Crippen LogP contribution in [0.1, 0.15) is 5.56 Å². The number of carbonyl (C=O) groups is 2. The van der Waals surface area contributed by atoms with Gasteiger partial charge in [-0.25, -0.2) is 8.42 Å². The Labute approximate surface area is 199 Å². The Morgan fingerprint density at radius 1 is 0.971 bits per heavy atom. The van der Waals surface area contributed by atoms with Gasteiger partial charge in [0.15, 0.2) is 5.11 Å². The first kappa shape index (κ1) is 23.1. The van der Waals surface area contributed by atoms with Gasteiger partial charge in [-0.2, -0.15) is 0 Å². The van der Waals surface area contributed by atoms with Crippen LogP contribution in [0.5, 0.6) is 17.2 Å². The molecule has 3 aromatic carbocycles. The van der Waals surface area contributed by atoms with Gasteiger partial charge in [-0.15, -0.1) is 0 Å². The maximum Gasteiger partial charge on any atom is 0.270 e. The first-order valence-electron chi connectivity index (χ1n) is 9.67. The number of amides is 2. The molecule has 34 heavy (non-hydrogen) atoms. The lowest BCUT2D eigenvalue weighted by Gasteiger charge is -2.29. The van der Waals surface area contributed by atoms with E-state index in [4.69, 9.17) is 17.0 Å². The van der Waals surface area contributed by atoms with Gasteiger partial charge in [0, 0.05) is 0 Å². The van der Waals surface area contributed by atoms with E-state index in [0.717, 1.165) is 23.1 Å². The van der Waals surface area contributed by atoms with Crippen LogP contribution in [0.15, 0.2) is 83.3 Å². The van der Waals surface area contributed by atoms with Crippen molar-refractivity contribution in [1.82, 2.24) is 5.32 Å². The highest BCUT2D eigenvalue weighted by Crippen LogP contribution is 2.28. The molecule has 9 nitrogen and oxygen atoms in total. The molecule has 1 fully saturated rings. The van der Waals surface area contributed by atoms with Crippen LogP contribution in [-0.4, -0.2) is 35.0 Å². The molecule has 0 aromatic heterocycles. The zero-order chi connectivity index (χ0) is 24.5. The average Bonchev–Trinajstić information content (AvgIpc) is 2.78. The molecule has 1 aliphatic rings. The SMILES string of the molecule is O=C1NC(=S)N(c2ccc(Oc3ccccc3)cc2)C(=O)/C1=C/c1ccc(O)c(S(=O)(=O)[O-])c1. The number of rotatable bonds is 5. The number of phenolic OH excluding ortho intramolecular Hbond substituents is 1. The van der Waals surface area contributed by atoms with Crippen LogP contribution in [-0.2, 0) is 19.7 Å². The van der Waals surface area contributed by atoms with E-state index in [0.29, 0.717) is 17.2 Å². The summed E-state index contributed by atoms with van der Waals surface area (Å²) in [6.07, 6.45) is 1.10. The highest BCUT2D eigenvalue weighted by molar-refractivity contribution is 7.85. The topological polar surface area (TPSA) is 136 Å². The van der Waals surface area contributed by atoms with Gasteiger partial charge >= 0.3 is 0 Å². The second-order valence-electron chi connectivity index (χ2n) is 7.05. The standard InChI is InChI=1S/C23H16N2O7S2/c26-19-11-6-14(13-20(19)34(29,30)31)12-18-21(27)24-23(33)25(22(18)28)15-7-9-17(10-8-15)32-16-4-2-1-3-5-16/h1-13,26H,(H,24,27,33)(H,29,30,31)/p-1/b18-12+. The van der Waals surface area contributed by atoms with Crippen molar-refractivity contribution in [3.8, 4) is 17.2 Å². The van der Waals surface area contributed by atoms with Crippen LogP contribution >= 0.6 is 12.2 Å². The monoisotopic (exact) mass is 495 g/mol. The van der Waals surface area contributed by atoms with Gasteiger partial charge in [0.25, 0.3) is 11.8 Å². The molecule has 0 bridgehead atoms. The Morgan fingerprint density at radius 3 is 2.26 bits per heavy atom. The molecule has 0 unspecified atom stereocenters. The number of ether oxygens (including phenoxy) is 1. The van der Waals surface area contributed by atoms with Crippen LogP contribution in [0.2, 0.25) is 0 Å². The molecule has 172 valence electrons. The predicted octanol–water partition coefficient (Wildman–Crippen LogP) is 2.92. The molecular formula is C23H15N2O7S2-. The van der Waals surface area contributed by atoms with E-state index in [-0.39, 0.29) is 16.2 Å². The summed E-state index contributed by atoms with van der Waals surface area (Å²) in [6.45, 7) is 0. The van der Waals surface area contributed by atoms with Crippen molar-refractivity contribution >= 4 is 51.0 Å². The van der Waals surface area contributed by atoms with Crippen LogP contribution in [0.3, 0.4) is 0 Å². The number of carbonyl (C=O) groups excluding carboxylic acids is 2. The normalized spacial score (nSPS) is 15.4. The van der Waals surface area contributed by atoms with Gasteiger partial charge in [-0.1, -0.05) is 24.3 Å². The minimum Gasteiger partial charge on any atom is -0.744 e. The van der Waals surface area contributed by atoms with Crippen molar-refractivity contribution in [2.75, 3.05) is 4.90 Å². The lowest BCUT2D eigenvalue weighted by Crippen LogP contribution is -2.54. The molecule has 3 aromatic rings. The summed E-state index contributed by atoms with van der Waals surface area (Å²) in [5, 5.41) is 11.9. The third-order valence-corrected chi connectivity index (χ3v) is 5.89. The molecule has 2 amide bonds. The largest absolute Gasteiger partial charge is 0.744 e. The molecule has 0 radical (unpaired) electrons. The molecule has 1 heterocycles. The molecule has 0 saturated carbocycles. The summed E-state index contributed by atoms with van der Waals surface area (Å²) < 4.78 is 39.7. The minimum atomic E-state index is -4.97. The summed E-state index contributed by atoms with van der Waals surface area (Å²) >= 11 is 5.17. The molecule has 0 spiro atoms. The lowest BCUT2D eigenvalue weighted by molar-refractivity contribution is -0.122. The van der Waals surface area contributed by atoms with Crippen molar-refractivity contribution in [2.24, 2.45) is 0 Å². The zero-order valence-corrected chi connectivity index (χ0v) is 18.8. The summed E-state index contributed by atoms with van der Waals surface area (Å²) in [4.78, 5) is 25.8. The fraction of sp³-hybridized carbons (Fsp3) is 0. The first-order valence-corrected chi connectivity index (χ1v) is 11.5. The second kappa shape index (κ2) is 9.06. The van der Waals surface area contributed by atoms with Gasteiger partial charge in [-0.3, -0.25) is 19.8 Å². The average molecular weight is 496 g/mol. The van der Waals surface area contributed by atoms with E-state index in [9.17, 15) is 27.7 Å². The Bertz CT molecular complexity index is 1430. The van der Waals surface area contributed by atoms with Gasteiger partial charge < -0.3 is 14.4 Å². The van der Waals surface area contributed by atoms with E-state index >= 15 is 0 Å². The van der Waals surface area contributed by atoms with Crippen LogP contribution < -0.4 is 15.0 Å². The number of phenols is 1. The van der Waals surface area contributed by atoms with Crippen molar-refractivity contribution in [3.63, 3.8) is 0 Å². The van der Waals surface area contributed by atoms with Crippen molar-refractivity contribution < 1.29 is 32.4 Å². The number of aromatic hydroxyl groups is 1. The Hall–Kier alpha value is -4.06. The number of hydrogen-bond acceptors (Lipinski definition) is 8. The quantitative estimate of drug-likeness (QED) is 0.239. The maximum atomic E-state index is 13.1. The van der Waals surface area contributed by atoms with Crippen molar-refractivity contribution in [2.45, 2.75) is 4.90 Å². The van der Waals surface area contributed by atoms with Gasteiger partial charge in [-0.05, 0) is 72.4 Å². The fourth-order valence-electron chi connectivity index (χ4n) is 3.17. The number of nitrogens with one attached hydrogen (secondary N) is 1. The molecule has 2 N–H and O–H groups in total. The summed E-state index contributed by atoms with van der Waals surface area (Å²) in [5.74, 6) is -1.15. The lowest BCUT2D eigenvalue weighted by atomic mass is 10.1. The number of benzene rings is 3. The van der Waals surface area contributed by atoms with Crippen LogP contribution in [0.25, 0.3) is 6.08 Å². The minimum absolute atomic E-state index is 0.0464. The third-order valence-electron chi connectivity index (χ3n) is 4.74. The van der Waals surface area contributed by atoms with E-state index in [1.165, 1.54) is 6.07 Å². The maximum absolute atomic E-state index is 13.1. The number of hydrogen-bond donors (Lipinski definition) is 2. The van der Waals surface area contributed by atoms with Crippen molar-refractivity contribution in [3.05, 3.63) is 83.9 Å². The third kappa shape index (κ3) is 4.81. The smallest absolute Gasteiger partial charge is 0.270 e. The Kier molecular flexibility index (Phi) is 6.16. The van der Waals surface area contributed by atoms with Gasteiger partial charge in [0.2, 0.25) is 0 Å². The Balaban J connectivity index is 1.64. The van der Waals surface area contributed by atoms with E-state index in [2.05, 4.69) is 5.32 Å². The molecule has 4 rings (SSSR count).